The van der Waals surface area contributed by atoms with E-state index in [0.717, 1.165) is 43.9 Å². The molecule has 0 spiro atoms. The van der Waals surface area contributed by atoms with Gasteiger partial charge in [-0.3, -0.25) is 0 Å². The molecule has 0 saturated carbocycles. The number of rotatable bonds is 3. The topological polar surface area (TPSA) is 51.0 Å². The Balaban J connectivity index is 1.59. The molecule has 2 heterocycles. The fourth-order valence-corrected chi connectivity index (χ4v) is 3.78. The van der Waals surface area contributed by atoms with Crippen molar-refractivity contribution in [2.45, 2.75) is 50.5 Å². The third-order valence-corrected chi connectivity index (χ3v) is 5.11. The van der Waals surface area contributed by atoms with Gasteiger partial charge in [0, 0.05) is 5.92 Å². The Labute approximate surface area is 124 Å². The van der Waals surface area contributed by atoms with Gasteiger partial charge >= 0.3 is 0 Å². The van der Waals surface area contributed by atoms with Crippen LogP contribution < -0.4 is 5.32 Å². The summed E-state index contributed by atoms with van der Waals surface area (Å²) in [7, 11) is 0. The van der Waals surface area contributed by atoms with Crippen LogP contribution in [0.4, 0.5) is 0 Å². The van der Waals surface area contributed by atoms with Gasteiger partial charge in [-0.2, -0.15) is 4.98 Å². The number of hydrogen-bond acceptors (Lipinski definition) is 4. The molecular weight excluding hydrogens is 262 g/mol. The Hall–Kier alpha value is -1.68. The van der Waals surface area contributed by atoms with Gasteiger partial charge in [0.15, 0.2) is 5.82 Å². The van der Waals surface area contributed by atoms with Gasteiger partial charge < -0.3 is 9.84 Å². The molecule has 0 bridgehead atoms. The molecule has 4 heteroatoms. The summed E-state index contributed by atoms with van der Waals surface area (Å²) in [4.78, 5) is 4.76. The van der Waals surface area contributed by atoms with Crippen molar-refractivity contribution in [3.63, 3.8) is 0 Å². The first-order valence-corrected chi connectivity index (χ1v) is 7.96. The van der Waals surface area contributed by atoms with Crippen molar-refractivity contribution in [2.24, 2.45) is 0 Å². The van der Waals surface area contributed by atoms with Crippen molar-refractivity contribution in [2.75, 3.05) is 6.54 Å². The molecule has 0 radical (unpaired) electrons. The average Bonchev–Trinajstić information content (AvgIpc) is 3.24. The Kier molecular flexibility index (Phi) is 3.07. The predicted molar refractivity (Wildman–Crippen MR) is 80.1 cm³/mol. The van der Waals surface area contributed by atoms with Crippen LogP contribution in [0, 0.1) is 0 Å². The molecule has 4 nitrogen and oxygen atoms in total. The van der Waals surface area contributed by atoms with Crippen LogP contribution in [0.15, 0.2) is 28.8 Å². The quantitative estimate of drug-likeness (QED) is 0.941. The summed E-state index contributed by atoms with van der Waals surface area (Å²) in [5.41, 5.74) is 2.77. The van der Waals surface area contributed by atoms with Gasteiger partial charge in [0.05, 0.1) is 5.54 Å². The van der Waals surface area contributed by atoms with Crippen LogP contribution in [-0.2, 0) is 18.4 Å². The van der Waals surface area contributed by atoms with E-state index in [-0.39, 0.29) is 5.54 Å². The van der Waals surface area contributed by atoms with Gasteiger partial charge in [-0.15, -0.1) is 0 Å². The van der Waals surface area contributed by atoms with Gasteiger partial charge in [0.1, 0.15) is 0 Å². The highest BCUT2D eigenvalue weighted by molar-refractivity contribution is 5.35. The van der Waals surface area contributed by atoms with Crippen LogP contribution >= 0.6 is 0 Å². The Morgan fingerprint density at radius 2 is 2.05 bits per heavy atom. The zero-order valence-corrected chi connectivity index (χ0v) is 12.4. The standard InChI is InChI=1S/C17H21N3O/c1-2-17(8-5-9-18-17)16-19-15(20-21-16)14-10-12-6-3-4-7-13(12)11-14/h3-4,6-7,14,18H,2,5,8-11H2,1H3. The van der Waals surface area contributed by atoms with Crippen LogP contribution in [0.3, 0.4) is 0 Å². The molecule has 1 aromatic heterocycles. The van der Waals surface area contributed by atoms with Crippen LogP contribution in [0.1, 0.15) is 54.9 Å². The van der Waals surface area contributed by atoms with E-state index in [2.05, 4.69) is 41.7 Å². The number of benzene rings is 1. The Morgan fingerprint density at radius 1 is 1.29 bits per heavy atom. The Morgan fingerprint density at radius 3 is 2.67 bits per heavy atom. The molecule has 1 fully saturated rings. The normalized spacial score (nSPS) is 25.4. The Bertz CT molecular complexity index is 618. The summed E-state index contributed by atoms with van der Waals surface area (Å²) in [5.74, 6) is 2.03. The highest BCUT2D eigenvalue weighted by Crippen LogP contribution is 2.36. The molecule has 0 amide bonds. The molecular formula is C17H21N3O. The zero-order chi connectivity index (χ0) is 14.3. The molecule has 1 aliphatic heterocycles. The summed E-state index contributed by atoms with van der Waals surface area (Å²) in [6, 6.07) is 8.64. The zero-order valence-electron chi connectivity index (χ0n) is 12.4. The summed E-state index contributed by atoms with van der Waals surface area (Å²) in [5, 5.41) is 7.85. The summed E-state index contributed by atoms with van der Waals surface area (Å²) in [6.45, 7) is 3.23. The van der Waals surface area contributed by atoms with Crippen molar-refractivity contribution < 1.29 is 4.52 Å². The van der Waals surface area contributed by atoms with Crippen LogP contribution in [0.2, 0.25) is 0 Å². The molecule has 4 rings (SSSR count). The van der Waals surface area contributed by atoms with Gasteiger partial charge in [-0.25, -0.2) is 0 Å². The lowest BCUT2D eigenvalue weighted by Gasteiger charge is -2.22. The minimum atomic E-state index is -0.0866. The van der Waals surface area contributed by atoms with E-state index in [1.807, 2.05) is 0 Å². The number of aromatic nitrogens is 2. The highest BCUT2D eigenvalue weighted by atomic mass is 16.5. The summed E-state index contributed by atoms with van der Waals surface area (Å²) >= 11 is 0. The lowest BCUT2D eigenvalue weighted by atomic mass is 9.94. The minimum Gasteiger partial charge on any atom is -0.337 e. The molecule has 1 unspecified atom stereocenters. The largest absolute Gasteiger partial charge is 0.337 e. The van der Waals surface area contributed by atoms with Gasteiger partial charge in [0.2, 0.25) is 5.89 Å². The second-order valence-electron chi connectivity index (χ2n) is 6.30. The van der Waals surface area contributed by atoms with Crippen molar-refractivity contribution in [1.29, 1.82) is 0 Å². The van der Waals surface area contributed by atoms with E-state index in [4.69, 9.17) is 9.51 Å². The molecule has 2 aromatic rings. The van der Waals surface area contributed by atoms with Crippen LogP contribution in [0.5, 0.6) is 0 Å². The maximum Gasteiger partial charge on any atom is 0.246 e. The number of nitrogens with one attached hydrogen (secondary N) is 1. The van der Waals surface area contributed by atoms with E-state index in [9.17, 15) is 0 Å². The molecule has 1 N–H and O–H groups in total. The molecule has 1 saturated heterocycles. The molecule has 1 aliphatic carbocycles. The van der Waals surface area contributed by atoms with E-state index in [1.165, 1.54) is 17.5 Å². The fourth-order valence-electron chi connectivity index (χ4n) is 3.78. The van der Waals surface area contributed by atoms with Crippen molar-refractivity contribution in [3.8, 4) is 0 Å². The predicted octanol–water partition coefficient (Wildman–Crippen LogP) is 2.94. The molecule has 110 valence electrons. The maximum absolute atomic E-state index is 5.63. The lowest BCUT2D eigenvalue weighted by molar-refractivity contribution is 0.249. The average molecular weight is 283 g/mol. The third kappa shape index (κ3) is 2.09. The highest BCUT2D eigenvalue weighted by Gasteiger charge is 2.39. The van der Waals surface area contributed by atoms with Crippen molar-refractivity contribution in [1.82, 2.24) is 15.5 Å². The first-order valence-electron chi connectivity index (χ1n) is 7.96. The first kappa shape index (κ1) is 13.0. The van der Waals surface area contributed by atoms with E-state index in [0.29, 0.717) is 5.92 Å². The molecule has 21 heavy (non-hydrogen) atoms. The molecule has 1 atom stereocenters. The van der Waals surface area contributed by atoms with Gasteiger partial charge in [0.25, 0.3) is 0 Å². The molecule has 2 aliphatic rings. The minimum absolute atomic E-state index is 0.0866. The first-order chi connectivity index (χ1) is 10.3. The third-order valence-electron chi connectivity index (χ3n) is 5.11. The van der Waals surface area contributed by atoms with Crippen molar-refractivity contribution in [3.05, 3.63) is 47.1 Å². The number of fused-ring (bicyclic) bond motifs is 1. The SMILES string of the molecule is CCC1(c2nc(C3Cc4ccccc4C3)no2)CCCN1. The van der Waals surface area contributed by atoms with Crippen LogP contribution in [0.25, 0.3) is 0 Å². The van der Waals surface area contributed by atoms with Gasteiger partial charge in [-0.05, 0) is 49.8 Å². The van der Waals surface area contributed by atoms with Crippen LogP contribution in [-0.4, -0.2) is 16.7 Å². The van der Waals surface area contributed by atoms with Crippen molar-refractivity contribution >= 4 is 0 Å². The van der Waals surface area contributed by atoms with E-state index < -0.39 is 0 Å². The summed E-state index contributed by atoms with van der Waals surface area (Å²) < 4.78 is 5.63. The second kappa shape index (κ2) is 4.95. The maximum atomic E-state index is 5.63. The molecule has 1 aromatic carbocycles. The van der Waals surface area contributed by atoms with Gasteiger partial charge in [-0.1, -0.05) is 36.3 Å². The number of nitrogens with zero attached hydrogens (tertiary/aromatic N) is 2. The van der Waals surface area contributed by atoms with E-state index in [1.54, 1.807) is 0 Å². The fraction of sp³-hybridized carbons (Fsp3) is 0.529. The second-order valence-corrected chi connectivity index (χ2v) is 6.30. The monoisotopic (exact) mass is 283 g/mol. The van der Waals surface area contributed by atoms with E-state index >= 15 is 0 Å². The number of hydrogen-bond donors (Lipinski definition) is 1. The lowest BCUT2D eigenvalue weighted by Crippen LogP contribution is -2.36. The smallest absolute Gasteiger partial charge is 0.246 e. The summed E-state index contributed by atoms with van der Waals surface area (Å²) in [6.07, 6.45) is 5.33.